The summed E-state index contributed by atoms with van der Waals surface area (Å²) in [6.07, 6.45) is 3.70. The van der Waals surface area contributed by atoms with Gasteiger partial charge < -0.3 is 10.5 Å². The van der Waals surface area contributed by atoms with Crippen LogP contribution in [-0.2, 0) is 6.42 Å². The molecule has 0 radical (unpaired) electrons. The van der Waals surface area contributed by atoms with E-state index >= 15 is 0 Å². The van der Waals surface area contributed by atoms with E-state index in [4.69, 9.17) is 10.5 Å². The number of pyridine rings is 1. The van der Waals surface area contributed by atoms with Crippen LogP contribution in [-0.4, -0.2) is 9.81 Å². The molecule has 23 heavy (non-hydrogen) atoms. The first-order valence-electron chi connectivity index (χ1n) is 7.70. The average Bonchev–Trinajstić information content (AvgIpc) is 2.46. The Morgan fingerprint density at radius 3 is 2.48 bits per heavy atom. The van der Waals surface area contributed by atoms with Crippen molar-refractivity contribution >= 4 is 21.6 Å². The van der Waals surface area contributed by atoms with Crippen molar-refractivity contribution < 1.29 is 9.13 Å². The van der Waals surface area contributed by atoms with E-state index in [1.165, 1.54) is 18.6 Å². The van der Waals surface area contributed by atoms with Crippen LogP contribution in [0.15, 0.2) is 30.5 Å². The predicted octanol–water partition coefficient (Wildman–Crippen LogP) is 5.65. The first-order chi connectivity index (χ1) is 10.9. The monoisotopic (exact) mass is 382 g/mol. The van der Waals surface area contributed by atoms with Crippen LogP contribution in [0.25, 0.3) is 0 Å². The van der Waals surface area contributed by atoms with E-state index in [0.717, 1.165) is 17.7 Å². The number of ether oxygens (including phenoxy) is 1. The SMILES string of the molecule is CCC.Cc1c(Oc2ccc(N)cc2F)ccnc1CC(C)Br. The van der Waals surface area contributed by atoms with Crippen LogP contribution in [0.1, 0.15) is 38.4 Å². The molecular formula is C18H24BrFN2O. The summed E-state index contributed by atoms with van der Waals surface area (Å²) in [5.74, 6) is 0.287. The summed E-state index contributed by atoms with van der Waals surface area (Å²) < 4.78 is 19.4. The average molecular weight is 383 g/mol. The fourth-order valence-corrected chi connectivity index (χ4v) is 2.17. The van der Waals surface area contributed by atoms with E-state index in [-0.39, 0.29) is 5.75 Å². The summed E-state index contributed by atoms with van der Waals surface area (Å²) in [6.45, 7) is 8.22. The Labute approximate surface area is 146 Å². The minimum absolute atomic E-state index is 0.159. The lowest BCUT2D eigenvalue weighted by atomic mass is 10.1. The van der Waals surface area contributed by atoms with Crippen molar-refractivity contribution in [3.05, 3.63) is 47.5 Å². The number of benzene rings is 1. The Bertz CT molecular complexity index is 632. The third-order valence-corrected chi connectivity index (χ3v) is 3.23. The summed E-state index contributed by atoms with van der Waals surface area (Å²) in [4.78, 5) is 4.65. The highest BCUT2D eigenvalue weighted by Gasteiger charge is 2.11. The maximum Gasteiger partial charge on any atom is 0.167 e. The van der Waals surface area contributed by atoms with Crippen LogP contribution >= 0.6 is 15.9 Å². The molecule has 2 N–H and O–H groups in total. The second-order valence-corrected chi connectivity index (χ2v) is 6.93. The molecular weight excluding hydrogens is 359 g/mol. The molecule has 2 rings (SSSR count). The fraction of sp³-hybridized carbons (Fsp3) is 0.389. The number of halogens is 2. The number of nitrogens with two attached hydrogens (primary N) is 1. The lowest BCUT2D eigenvalue weighted by molar-refractivity contribution is 0.438. The van der Waals surface area contributed by atoms with Crippen molar-refractivity contribution in [1.29, 1.82) is 0 Å². The number of rotatable bonds is 4. The van der Waals surface area contributed by atoms with E-state index < -0.39 is 5.82 Å². The fourth-order valence-electron chi connectivity index (χ4n) is 1.86. The molecule has 0 amide bonds. The molecule has 1 aromatic heterocycles. The van der Waals surface area contributed by atoms with Crippen LogP contribution in [0.5, 0.6) is 11.5 Å². The van der Waals surface area contributed by atoms with Crippen LogP contribution in [0, 0.1) is 12.7 Å². The molecule has 1 atom stereocenters. The highest BCUT2D eigenvalue weighted by Crippen LogP contribution is 2.29. The summed E-state index contributed by atoms with van der Waals surface area (Å²) in [5.41, 5.74) is 7.73. The van der Waals surface area contributed by atoms with E-state index in [1.807, 2.05) is 13.8 Å². The lowest BCUT2D eigenvalue weighted by Crippen LogP contribution is -2.03. The highest BCUT2D eigenvalue weighted by atomic mass is 79.9. The van der Waals surface area contributed by atoms with Crippen molar-refractivity contribution in [3.63, 3.8) is 0 Å². The third kappa shape index (κ3) is 6.18. The number of nitrogen functional groups attached to an aromatic ring is 1. The van der Waals surface area contributed by atoms with Gasteiger partial charge in [0, 0.05) is 40.5 Å². The number of anilines is 1. The van der Waals surface area contributed by atoms with Crippen molar-refractivity contribution in [1.82, 2.24) is 4.98 Å². The van der Waals surface area contributed by atoms with Gasteiger partial charge in [0.25, 0.3) is 0 Å². The zero-order valence-corrected chi connectivity index (χ0v) is 15.7. The molecule has 3 nitrogen and oxygen atoms in total. The molecule has 1 unspecified atom stereocenters. The number of alkyl halides is 1. The topological polar surface area (TPSA) is 48.1 Å². The van der Waals surface area contributed by atoms with Gasteiger partial charge in [0.05, 0.1) is 0 Å². The Kier molecular flexibility index (Phi) is 8.03. The standard InChI is InChI=1S/C15H16BrFN2O.C3H8/c1-9(16)7-13-10(2)14(5-6-19-13)20-15-4-3-11(18)8-12(15)17;1-3-2/h3-6,8-9H,7,18H2,1-2H3;3H2,1-2H3. The normalized spacial score (nSPS) is 11.4. The number of nitrogens with zero attached hydrogens (tertiary/aromatic N) is 1. The van der Waals surface area contributed by atoms with Crippen molar-refractivity contribution in [2.75, 3.05) is 5.73 Å². The quantitative estimate of drug-likeness (QED) is 0.549. The Balaban J connectivity index is 0.000000816. The Morgan fingerprint density at radius 1 is 1.26 bits per heavy atom. The van der Waals surface area contributed by atoms with Gasteiger partial charge in [-0.25, -0.2) is 4.39 Å². The van der Waals surface area contributed by atoms with E-state index in [9.17, 15) is 4.39 Å². The van der Waals surface area contributed by atoms with Gasteiger partial charge in [0.2, 0.25) is 0 Å². The summed E-state index contributed by atoms with van der Waals surface area (Å²) in [5, 5.41) is 0. The zero-order valence-electron chi connectivity index (χ0n) is 14.1. The third-order valence-electron chi connectivity index (χ3n) is 2.91. The van der Waals surface area contributed by atoms with Gasteiger partial charge in [-0.05, 0) is 25.1 Å². The summed E-state index contributed by atoms with van der Waals surface area (Å²) >= 11 is 3.50. The maximum atomic E-state index is 13.8. The van der Waals surface area contributed by atoms with E-state index in [1.54, 1.807) is 18.3 Å². The van der Waals surface area contributed by atoms with Crippen LogP contribution in [0.4, 0.5) is 10.1 Å². The second kappa shape index (κ2) is 9.50. The van der Waals surface area contributed by atoms with Gasteiger partial charge >= 0.3 is 0 Å². The van der Waals surface area contributed by atoms with Gasteiger partial charge in [-0.1, -0.05) is 43.1 Å². The maximum absolute atomic E-state index is 13.8. The Hall–Kier alpha value is -1.62. The molecule has 1 aromatic carbocycles. The molecule has 0 fully saturated rings. The molecule has 1 heterocycles. The smallest absolute Gasteiger partial charge is 0.167 e. The number of aromatic nitrogens is 1. The Morgan fingerprint density at radius 2 is 1.91 bits per heavy atom. The van der Waals surface area contributed by atoms with Gasteiger partial charge in [-0.2, -0.15) is 0 Å². The molecule has 126 valence electrons. The van der Waals surface area contributed by atoms with Crippen LogP contribution in [0.3, 0.4) is 0 Å². The predicted molar refractivity (Wildman–Crippen MR) is 97.9 cm³/mol. The molecule has 0 aliphatic rings. The number of hydrogen-bond acceptors (Lipinski definition) is 3. The van der Waals surface area contributed by atoms with Crippen LogP contribution < -0.4 is 10.5 Å². The molecule has 0 aliphatic carbocycles. The second-order valence-electron chi connectivity index (χ2n) is 5.36. The highest BCUT2D eigenvalue weighted by molar-refractivity contribution is 9.09. The summed E-state index contributed by atoms with van der Waals surface area (Å²) in [6, 6.07) is 6.11. The van der Waals surface area contributed by atoms with E-state index in [0.29, 0.717) is 16.3 Å². The molecule has 0 aliphatic heterocycles. The molecule has 0 saturated heterocycles. The van der Waals surface area contributed by atoms with E-state index in [2.05, 4.69) is 34.8 Å². The molecule has 0 saturated carbocycles. The molecule has 0 spiro atoms. The zero-order chi connectivity index (χ0) is 17.4. The lowest BCUT2D eigenvalue weighted by Gasteiger charge is -2.13. The van der Waals surface area contributed by atoms with Gasteiger partial charge in [0.1, 0.15) is 5.75 Å². The van der Waals surface area contributed by atoms with Crippen molar-refractivity contribution in [3.8, 4) is 11.5 Å². The minimum atomic E-state index is -0.475. The van der Waals surface area contributed by atoms with Crippen LogP contribution in [0.2, 0.25) is 0 Å². The molecule has 5 heteroatoms. The minimum Gasteiger partial charge on any atom is -0.454 e. The molecule has 2 aromatic rings. The van der Waals surface area contributed by atoms with Gasteiger partial charge in [0.15, 0.2) is 11.6 Å². The first-order valence-corrected chi connectivity index (χ1v) is 8.62. The number of hydrogen-bond donors (Lipinski definition) is 1. The summed E-state index contributed by atoms with van der Waals surface area (Å²) in [7, 11) is 0. The van der Waals surface area contributed by atoms with Crippen molar-refractivity contribution in [2.24, 2.45) is 0 Å². The largest absolute Gasteiger partial charge is 0.454 e. The molecule has 0 bridgehead atoms. The van der Waals surface area contributed by atoms with Gasteiger partial charge in [-0.3, -0.25) is 4.98 Å². The van der Waals surface area contributed by atoms with Crippen molar-refractivity contribution in [2.45, 2.75) is 45.4 Å². The first kappa shape index (κ1) is 19.4. The van der Waals surface area contributed by atoms with Gasteiger partial charge in [-0.15, -0.1) is 0 Å².